The molecule has 3 aromatic rings. The first kappa shape index (κ1) is 16.0. The molecule has 24 heavy (non-hydrogen) atoms. The van der Waals surface area contributed by atoms with Crippen LogP contribution in [0.25, 0.3) is 11.3 Å². The van der Waals surface area contributed by atoms with E-state index in [4.69, 9.17) is 16.3 Å². The van der Waals surface area contributed by atoms with Crippen molar-refractivity contribution in [2.75, 3.05) is 0 Å². The highest BCUT2D eigenvalue weighted by Crippen LogP contribution is 2.33. The highest BCUT2D eigenvalue weighted by Gasteiger charge is 2.16. The van der Waals surface area contributed by atoms with Crippen LogP contribution in [-0.4, -0.2) is 14.7 Å². The largest absolute Gasteiger partial charge is 0.488 e. The van der Waals surface area contributed by atoms with Gasteiger partial charge in [0.1, 0.15) is 12.4 Å². The van der Waals surface area contributed by atoms with Crippen molar-refractivity contribution in [2.45, 2.75) is 6.61 Å². The Balaban J connectivity index is 1.93. The maximum Gasteiger partial charge on any atom is 0.270 e. The van der Waals surface area contributed by atoms with E-state index in [1.165, 1.54) is 12.1 Å². The van der Waals surface area contributed by atoms with Gasteiger partial charge in [-0.3, -0.25) is 14.8 Å². The molecule has 0 aliphatic heterocycles. The minimum absolute atomic E-state index is 0.00467. The first-order valence-corrected chi connectivity index (χ1v) is 7.56. The molecule has 0 radical (unpaired) electrons. The maximum absolute atomic E-state index is 11.1. The van der Waals surface area contributed by atoms with Crippen molar-refractivity contribution in [1.29, 1.82) is 0 Å². The Kier molecular flexibility index (Phi) is 4.48. The first-order valence-electron chi connectivity index (χ1n) is 7.18. The topological polar surface area (TPSA) is 70.2 Å². The summed E-state index contributed by atoms with van der Waals surface area (Å²) in [6, 6.07) is 13.6. The van der Waals surface area contributed by atoms with Gasteiger partial charge in [-0.1, -0.05) is 23.7 Å². The second-order valence-corrected chi connectivity index (χ2v) is 5.63. The van der Waals surface area contributed by atoms with Gasteiger partial charge in [0.15, 0.2) is 0 Å². The third-order valence-electron chi connectivity index (χ3n) is 3.58. The molecular formula is C17H14ClN3O3. The highest BCUT2D eigenvalue weighted by atomic mass is 35.5. The van der Waals surface area contributed by atoms with Crippen LogP contribution in [0.2, 0.25) is 5.02 Å². The zero-order valence-corrected chi connectivity index (χ0v) is 13.6. The van der Waals surface area contributed by atoms with Gasteiger partial charge in [0, 0.05) is 36.0 Å². The summed E-state index contributed by atoms with van der Waals surface area (Å²) in [7, 11) is 1.77. The van der Waals surface area contributed by atoms with Gasteiger partial charge in [0.2, 0.25) is 0 Å². The number of hydrogen-bond donors (Lipinski definition) is 0. The minimum Gasteiger partial charge on any atom is -0.488 e. The Morgan fingerprint density at radius 2 is 1.96 bits per heavy atom. The van der Waals surface area contributed by atoms with Crippen LogP contribution in [0.5, 0.6) is 5.75 Å². The number of nitrogens with zero attached hydrogens (tertiary/aromatic N) is 3. The lowest BCUT2D eigenvalue weighted by atomic mass is 10.1. The number of rotatable bonds is 5. The van der Waals surface area contributed by atoms with Crippen LogP contribution in [0, 0.1) is 10.1 Å². The van der Waals surface area contributed by atoms with E-state index in [1.54, 1.807) is 42.2 Å². The molecule has 0 saturated carbocycles. The van der Waals surface area contributed by atoms with Gasteiger partial charge in [0.05, 0.1) is 10.6 Å². The fraction of sp³-hybridized carbons (Fsp3) is 0.118. The lowest BCUT2D eigenvalue weighted by Crippen LogP contribution is -2.00. The number of halogens is 1. The van der Waals surface area contributed by atoms with Crippen LogP contribution in [0.1, 0.15) is 5.56 Å². The molecule has 0 amide bonds. The lowest BCUT2D eigenvalue weighted by Gasteiger charge is -2.12. The van der Waals surface area contributed by atoms with Crippen molar-refractivity contribution in [3.63, 3.8) is 0 Å². The van der Waals surface area contributed by atoms with Crippen LogP contribution in [0.15, 0.2) is 54.7 Å². The first-order chi connectivity index (χ1) is 11.5. The summed E-state index contributed by atoms with van der Waals surface area (Å²) >= 11 is 5.87. The van der Waals surface area contributed by atoms with E-state index in [-0.39, 0.29) is 5.69 Å². The second-order valence-electron chi connectivity index (χ2n) is 5.19. The molecule has 1 heterocycles. The quantitative estimate of drug-likeness (QED) is 0.513. The molecule has 122 valence electrons. The van der Waals surface area contributed by atoms with Crippen LogP contribution < -0.4 is 4.74 Å². The molecular weight excluding hydrogens is 330 g/mol. The van der Waals surface area contributed by atoms with Gasteiger partial charge in [-0.15, -0.1) is 0 Å². The van der Waals surface area contributed by atoms with E-state index in [0.29, 0.717) is 22.9 Å². The number of aromatic nitrogens is 2. The predicted octanol–water partition coefficient (Wildman–Crippen LogP) is 4.23. The summed E-state index contributed by atoms with van der Waals surface area (Å²) in [6.07, 6.45) is 1.64. The van der Waals surface area contributed by atoms with Crippen LogP contribution >= 0.6 is 11.6 Å². The fourth-order valence-electron chi connectivity index (χ4n) is 2.34. The van der Waals surface area contributed by atoms with Crippen LogP contribution in [0.4, 0.5) is 5.69 Å². The molecule has 0 fully saturated rings. The van der Waals surface area contributed by atoms with E-state index >= 15 is 0 Å². The number of aryl methyl sites for hydroxylation is 1. The number of non-ortho nitro benzene ring substituents is 1. The van der Waals surface area contributed by atoms with Crippen molar-refractivity contribution in [2.24, 2.45) is 7.05 Å². The molecule has 0 saturated heterocycles. The third kappa shape index (κ3) is 3.38. The van der Waals surface area contributed by atoms with E-state index in [0.717, 1.165) is 11.3 Å². The zero-order valence-electron chi connectivity index (χ0n) is 12.8. The smallest absolute Gasteiger partial charge is 0.270 e. The molecule has 0 bridgehead atoms. The molecule has 7 heteroatoms. The molecule has 0 unspecified atom stereocenters. The van der Waals surface area contributed by atoms with Crippen molar-refractivity contribution >= 4 is 17.3 Å². The van der Waals surface area contributed by atoms with Gasteiger partial charge in [0.25, 0.3) is 5.69 Å². The summed E-state index contributed by atoms with van der Waals surface area (Å²) in [6.45, 7) is 0.333. The zero-order chi connectivity index (χ0) is 17.1. The summed E-state index contributed by atoms with van der Waals surface area (Å²) in [4.78, 5) is 10.6. The molecule has 0 spiro atoms. The van der Waals surface area contributed by atoms with E-state index in [1.807, 2.05) is 12.1 Å². The van der Waals surface area contributed by atoms with E-state index < -0.39 is 4.92 Å². The molecule has 2 aromatic carbocycles. The lowest BCUT2D eigenvalue weighted by molar-refractivity contribution is -0.384. The maximum atomic E-state index is 11.1. The number of hydrogen-bond acceptors (Lipinski definition) is 4. The van der Waals surface area contributed by atoms with E-state index in [2.05, 4.69) is 5.10 Å². The van der Waals surface area contributed by atoms with Gasteiger partial charge in [-0.2, -0.15) is 5.10 Å². The summed E-state index contributed by atoms with van der Waals surface area (Å²) < 4.78 is 7.52. The van der Waals surface area contributed by atoms with Gasteiger partial charge in [-0.25, -0.2) is 0 Å². The Hall–Kier alpha value is -2.86. The Morgan fingerprint density at radius 3 is 2.58 bits per heavy atom. The van der Waals surface area contributed by atoms with Crippen LogP contribution in [-0.2, 0) is 13.7 Å². The van der Waals surface area contributed by atoms with E-state index in [9.17, 15) is 10.1 Å². The van der Waals surface area contributed by atoms with Crippen molar-refractivity contribution in [3.8, 4) is 17.0 Å². The molecule has 3 rings (SSSR count). The fourth-order valence-corrected chi connectivity index (χ4v) is 2.46. The molecule has 0 aliphatic carbocycles. The standard InChI is InChI=1S/C17H14ClN3O3/c1-20-16(8-9-19-20)15-10-14(21(22)23)6-7-17(15)24-11-12-2-4-13(18)5-3-12/h2-10H,11H2,1H3. The summed E-state index contributed by atoms with van der Waals surface area (Å²) in [5, 5.41) is 15.8. The number of nitro benzene ring substituents is 1. The number of nitro groups is 1. The Morgan fingerprint density at radius 1 is 1.21 bits per heavy atom. The number of benzene rings is 2. The Labute approximate surface area is 143 Å². The third-order valence-corrected chi connectivity index (χ3v) is 3.83. The Bertz CT molecular complexity index is 875. The SMILES string of the molecule is Cn1nccc1-c1cc([N+](=O)[O-])ccc1OCc1ccc(Cl)cc1. The predicted molar refractivity (Wildman–Crippen MR) is 91.1 cm³/mol. The normalized spacial score (nSPS) is 10.6. The highest BCUT2D eigenvalue weighted by molar-refractivity contribution is 6.30. The average molecular weight is 344 g/mol. The minimum atomic E-state index is -0.428. The monoisotopic (exact) mass is 343 g/mol. The molecule has 0 atom stereocenters. The molecule has 0 aliphatic rings. The summed E-state index contributed by atoms with van der Waals surface area (Å²) in [5.74, 6) is 0.555. The number of ether oxygens (including phenoxy) is 1. The van der Waals surface area contributed by atoms with Crippen molar-refractivity contribution < 1.29 is 9.66 Å². The van der Waals surface area contributed by atoms with Crippen LogP contribution in [0.3, 0.4) is 0 Å². The van der Waals surface area contributed by atoms with Gasteiger partial charge >= 0.3 is 0 Å². The van der Waals surface area contributed by atoms with Gasteiger partial charge in [-0.05, 0) is 29.8 Å². The van der Waals surface area contributed by atoms with Crippen molar-refractivity contribution in [3.05, 3.63) is 75.4 Å². The average Bonchev–Trinajstić information content (AvgIpc) is 3.00. The van der Waals surface area contributed by atoms with Gasteiger partial charge < -0.3 is 4.74 Å². The van der Waals surface area contributed by atoms with Crippen molar-refractivity contribution in [1.82, 2.24) is 9.78 Å². The molecule has 1 aromatic heterocycles. The molecule has 0 N–H and O–H groups in total. The second kappa shape index (κ2) is 6.72. The molecule has 6 nitrogen and oxygen atoms in total. The summed E-state index contributed by atoms with van der Waals surface area (Å²) in [5.41, 5.74) is 2.32.